The lowest BCUT2D eigenvalue weighted by molar-refractivity contribution is -0.119. The lowest BCUT2D eigenvalue weighted by Crippen LogP contribution is -2.33. The van der Waals surface area contributed by atoms with Crippen molar-refractivity contribution in [2.45, 2.75) is 18.3 Å². The van der Waals surface area contributed by atoms with Gasteiger partial charge in [-0.3, -0.25) is 9.69 Å². The van der Waals surface area contributed by atoms with E-state index in [4.69, 9.17) is 21.7 Å². The van der Waals surface area contributed by atoms with Crippen molar-refractivity contribution in [2.24, 2.45) is 0 Å². The Bertz CT molecular complexity index is 946. The summed E-state index contributed by atoms with van der Waals surface area (Å²) in [6.07, 6.45) is 0. The van der Waals surface area contributed by atoms with E-state index < -0.39 is 0 Å². The first-order valence-corrected chi connectivity index (χ1v) is 10.7. The van der Waals surface area contributed by atoms with Gasteiger partial charge in [0.15, 0.2) is 5.11 Å². The zero-order chi connectivity index (χ0) is 20.5. The molecule has 4 rings (SSSR count). The third-order valence-electron chi connectivity index (χ3n) is 4.96. The number of fused-ring (bicyclic) bond motifs is 1. The molecule has 150 valence electrons. The number of amides is 1. The van der Waals surface area contributed by atoms with Crippen LogP contribution in [0, 0.1) is 0 Å². The van der Waals surface area contributed by atoms with Gasteiger partial charge < -0.3 is 14.4 Å². The standard InChI is InChI=1S/C21H20N2O4S2/c1-3-27-20(25)14-4-8-15(9-5-14)22-18(24)17-12-29-19(23(17)21(22)28)13-6-10-16(26-2)11-7-13/h4-11,17,19H,3,12H2,1-2H3/t17-,19?/m0/s1. The summed E-state index contributed by atoms with van der Waals surface area (Å²) in [6.45, 7) is 2.08. The number of nitrogens with zero attached hydrogens (tertiary/aromatic N) is 2. The largest absolute Gasteiger partial charge is 0.497 e. The maximum absolute atomic E-state index is 13.1. The molecule has 2 aliphatic heterocycles. The molecule has 0 aliphatic carbocycles. The molecule has 8 heteroatoms. The highest BCUT2D eigenvalue weighted by atomic mass is 32.2. The number of carbonyl (C=O) groups is 2. The first kappa shape index (κ1) is 19.7. The van der Waals surface area contributed by atoms with Gasteiger partial charge in [-0.1, -0.05) is 12.1 Å². The molecular formula is C21H20N2O4S2. The SMILES string of the molecule is CCOC(=O)c1ccc(N2C(=O)[C@@H]3CSC(c4ccc(OC)cc4)N3C2=S)cc1. The maximum Gasteiger partial charge on any atom is 0.338 e. The van der Waals surface area contributed by atoms with Crippen molar-refractivity contribution in [1.82, 2.24) is 4.90 Å². The lowest BCUT2D eigenvalue weighted by Gasteiger charge is -2.25. The van der Waals surface area contributed by atoms with E-state index in [1.807, 2.05) is 29.2 Å². The van der Waals surface area contributed by atoms with Crippen molar-refractivity contribution in [3.63, 3.8) is 0 Å². The number of rotatable bonds is 5. The molecule has 0 radical (unpaired) electrons. The van der Waals surface area contributed by atoms with E-state index in [2.05, 4.69) is 0 Å². The normalized spacial score (nSPS) is 20.8. The van der Waals surface area contributed by atoms with E-state index >= 15 is 0 Å². The zero-order valence-corrected chi connectivity index (χ0v) is 17.7. The molecule has 0 saturated carbocycles. The summed E-state index contributed by atoms with van der Waals surface area (Å²) in [4.78, 5) is 28.5. The molecule has 2 atom stereocenters. The first-order valence-electron chi connectivity index (χ1n) is 9.24. The van der Waals surface area contributed by atoms with Crippen LogP contribution in [0.5, 0.6) is 5.75 Å². The Kier molecular flexibility index (Phi) is 5.47. The monoisotopic (exact) mass is 428 g/mol. The van der Waals surface area contributed by atoms with Gasteiger partial charge in [0, 0.05) is 5.75 Å². The molecule has 1 unspecified atom stereocenters. The van der Waals surface area contributed by atoms with Gasteiger partial charge in [0.25, 0.3) is 5.91 Å². The van der Waals surface area contributed by atoms with E-state index in [-0.39, 0.29) is 23.3 Å². The second kappa shape index (κ2) is 8.04. The number of anilines is 1. The number of benzene rings is 2. The third kappa shape index (κ3) is 3.47. The Labute approximate surface area is 178 Å². The van der Waals surface area contributed by atoms with Crippen LogP contribution >= 0.6 is 24.0 Å². The van der Waals surface area contributed by atoms with Gasteiger partial charge in [-0.05, 0) is 61.1 Å². The van der Waals surface area contributed by atoms with Gasteiger partial charge in [0.05, 0.1) is 25.0 Å². The summed E-state index contributed by atoms with van der Waals surface area (Å²) in [5.74, 6) is 1.04. The molecule has 2 heterocycles. The van der Waals surface area contributed by atoms with Crippen LogP contribution in [-0.2, 0) is 9.53 Å². The Hall–Kier alpha value is -2.58. The second-order valence-corrected chi connectivity index (χ2v) is 8.08. The fraction of sp³-hybridized carbons (Fsp3) is 0.286. The van der Waals surface area contributed by atoms with Crippen molar-refractivity contribution < 1.29 is 19.1 Å². The van der Waals surface area contributed by atoms with Crippen LogP contribution in [0.15, 0.2) is 48.5 Å². The molecule has 0 aromatic heterocycles. The van der Waals surface area contributed by atoms with Crippen molar-refractivity contribution >= 4 is 46.7 Å². The first-order chi connectivity index (χ1) is 14.0. The average Bonchev–Trinajstić information content (AvgIpc) is 3.29. The van der Waals surface area contributed by atoms with Gasteiger partial charge in [-0.2, -0.15) is 0 Å². The zero-order valence-electron chi connectivity index (χ0n) is 16.0. The highest BCUT2D eigenvalue weighted by Gasteiger charge is 2.50. The molecule has 0 N–H and O–H groups in total. The highest BCUT2D eigenvalue weighted by Crippen LogP contribution is 2.46. The van der Waals surface area contributed by atoms with Crippen LogP contribution in [0.4, 0.5) is 5.69 Å². The van der Waals surface area contributed by atoms with Crippen LogP contribution < -0.4 is 9.64 Å². The molecule has 2 saturated heterocycles. The molecule has 2 aromatic carbocycles. The lowest BCUT2D eigenvalue weighted by atomic mass is 10.2. The van der Waals surface area contributed by atoms with Gasteiger partial charge in [0.1, 0.15) is 17.2 Å². The Morgan fingerprint density at radius 1 is 1.17 bits per heavy atom. The molecule has 6 nitrogen and oxygen atoms in total. The number of carbonyl (C=O) groups excluding carboxylic acids is 2. The summed E-state index contributed by atoms with van der Waals surface area (Å²) in [5, 5.41) is 0.459. The van der Waals surface area contributed by atoms with E-state index in [1.165, 1.54) is 0 Å². The molecule has 0 spiro atoms. The summed E-state index contributed by atoms with van der Waals surface area (Å²) in [7, 11) is 1.63. The summed E-state index contributed by atoms with van der Waals surface area (Å²) in [6, 6.07) is 14.3. The number of thioether (sulfide) groups is 1. The van der Waals surface area contributed by atoms with Crippen LogP contribution in [0.2, 0.25) is 0 Å². The van der Waals surface area contributed by atoms with E-state index in [9.17, 15) is 9.59 Å². The van der Waals surface area contributed by atoms with Gasteiger partial charge >= 0.3 is 5.97 Å². The van der Waals surface area contributed by atoms with E-state index in [1.54, 1.807) is 55.0 Å². The quantitative estimate of drug-likeness (QED) is 0.532. The van der Waals surface area contributed by atoms with Crippen molar-refractivity contribution in [1.29, 1.82) is 0 Å². The van der Waals surface area contributed by atoms with Gasteiger partial charge in [-0.15, -0.1) is 11.8 Å². The summed E-state index contributed by atoms with van der Waals surface area (Å²) < 4.78 is 10.2. The maximum atomic E-state index is 13.1. The van der Waals surface area contributed by atoms with E-state index in [0.29, 0.717) is 28.7 Å². The minimum absolute atomic E-state index is 0.0221. The molecule has 2 aromatic rings. The van der Waals surface area contributed by atoms with Gasteiger partial charge in [0.2, 0.25) is 0 Å². The third-order valence-corrected chi connectivity index (χ3v) is 6.67. The van der Waals surface area contributed by atoms with Crippen molar-refractivity contribution in [2.75, 3.05) is 24.4 Å². The number of methoxy groups -OCH3 is 1. The summed E-state index contributed by atoms with van der Waals surface area (Å²) >= 11 is 7.40. The van der Waals surface area contributed by atoms with Crippen molar-refractivity contribution in [3.05, 3.63) is 59.7 Å². The molecular weight excluding hydrogens is 408 g/mol. The number of thiocarbonyl (C=S) groups is 1. The fourth-order valence-electron chi connectivity index (χ4n) is 3.51. The number of esters is 1. The second-order valence-electron chi connectivity index (χ2n) is 6.61. The number of hydrogen-bond acceptors (Lipinski definition) is 6. The average molecular weight is 429 g/mol. The van der Waals surface area contributed by atoms with Crippen LogP contribution in [0.25, 0.3) is 0 Å². The molecule has 2 aliphatic rings. The fourth-order valence-corrected chi connectivity index (χ4v) is 5.43. The predicted octanol–water partition coefficient (Wildman–Crippen LogP) is 3.62. The van der Waals surface area contributed by atoms with Crippen LogP contribution in [0.1, 0.15) is 28.2 Å². The smallest absolute Gasteiger partial charge is 0.338 e. The topological polar surface area (TPSA) is 59.1 Å². The van der Waals surface area contributed by atoms with Crippen LogP contribution in [0.3, 0.4) is 0 Å². The van der Waals surface area contributed by atoms with Gasteiger partial charge in [-0.25, -0.2) is 4.79 Å². The molecule has 2 fully saturated rings. The predicted molar refractivity (Wildman–Crippen MR) is 116 cm³/mol. The van der Waals surface area contributed by atoms with Crippen LogP contribution in [-0.4, -0.2) is 47.4 Å². The molecule has 29 heavy (non-hydrogen) atoms. The minimum atomic E-state index is -0.383. The minimum Gasteiger partial charge on any atom is -0.497 e. The van der Waals surface area contributed by atoms with E-state index in [0.717, 1.165) is 11.3 Å². The molecule has 1 amide bonds. The Balaban J connectivity index is 1.58. The molecule has 0 bridgehead atoms. The van der Waals surface area contributed by atoms with Crippen molar-refractivity contribution in [3.8, 4) is 5.75 Å². The Morgan fingerprint density at radius 2 is 1.86 bits per heavy atom. The number of ether oxygens (including phenoxy) is 2. The Morgan fingerprint density at radius 3 is 2.48 bits per heavy atom. The number of hydrogen-bond donors (Lipinski definition) is 0. The summed E-state index contributed by atoms with van der Waals surface area (Å²) in [5.41, 5.74) is 2.18. The highest BCUT2D eigenvalue weighted by molar-refractivity contribution is 7.99.